The summed E-state index contributed by atoms with van der Waals surface area (Å²) in [5.74, 6) is 1.49. The van der Waals surface area contributed by atoms with Gasteiger partial charge in [-0.2, -0.15) is 0 Å². The van der Waals surface area contributed by atoms with Crippen LogP contribution in [0.4, 0.5) is 0 Å². The third kappa shape index (κ3) is 2.47. The molecule has 1 spiro atoms. The highest BCUT2D eigenvalue weighted by Gasteiger charge is 2.45. The molecule has 1 aromatic rings. The van der Waals surface area contributed by atoms with E-state index in [0.29, 0.717) is 12.0 Å². The summed E-state index contributed by atoms with van der Waals surface area (Å²) in [4.78, 5) is 0. The van der Waals surface area contributed by atoms with Crippen LogP contribution in [0.5, 0.6) is 5.75 Å². The number of nitrogens with one attached hydrogen (secondary N) is 1. The summed E-state index contributed by atoms with van der Waals surface area (Å²) in [5.41, 5.74) is 1.38. The molecule has 3 atom stereocenters. The highest BCUT2D eigenvalue weighted by atomic mass is 16.5. The predicted molar refractivity (Wildman–Crippen MR) is 82.4 cm³/mol. The molecule has 1 aliphatic heterocycles. The van der Waals surface area contributed by atoms with Crippen LogP contribution in [-0.4, -0.2) is 23.4 Å². The number of benzene rings is 1. The van der Waals surface area contributed by atoms with Crippen molar-refractivity contribution >= 4 is 0 Å². The number of aliphatic hydroxyl groups is 1. The molecule has 0 radical (unpaired) electrons. The summed E-state index contributed by atoms with van der Waals surface area (Å²) in [6.45, 7) is 0.927. The standard InChI is InChI=1S/C18H25NO2/c20-16-7-3-5-13(16)12-19-15-11-18(9-4-10-18)21-17-8-2-1-6-14(15)17/h1-2,6,8,13,15-16,19-20H,3-5,7,9-12H2. The van der Waals surface area contributed by atoms with Gasteiger partial charge in [-0.1, -0.05) is 24.6 Å². The number of para-hydroxylation sites is 1. The maximum atomic E-state index is 10.0. The Balaban J connectivity index is 1.50. The lowest BCUT2D eigenvalue weighted by Gasteiger charge is -2.48. The molecule has 3 heteroatoms. The Bertz CT molecular complexity index is 512. The molecule has 21 heavy (non-hydrogen) atoms. The van der Waals surface area contributed by atoms with E-state index in [-0.39, 0.29) is 11.7 Å². The molecule has 4 rings (SSSR count). The van der Waals surface area contributed by atoms with Gasteiger partial charge in [0, 0.05) is 24.6 Å². The maximum absolute atomic E-state index is 10.0. The predicted octanol–water partition coefficient (Wildman–Crippen LogP) is 3.18. The van der Waals surface area contributed by atoms with Crippen molar-refractivity contribution in [2.75, 3.05) is 6.54 Å². The molecule has 0 bridgehead atoms. The second-order valence-corrected chi connectivity index (χ2v) is 7.10. The van der Waals surface area contributed by atoms with Crippen LogP contribution in [0.25, 0.3) is 0 Å². The summed E-state index contributed by atoms with van der Waals surface area (Å²) >= 11 is 0. The van der Waals surface area contributed by atoms with Crippen molar-refractivity contribution in [3.63, 3.8) is 0 Å². The normalized spacial score (nSPS) is 33.3. The lowest BCUT2D eigenvalue weighted by atomic mass is 9.73. The Hall–Kier alpha value is -1.06. The fourth-order valence-corrected chi connectivity index (χ4v) is 4.23. The highest BCUT2D eigenvalue weighted by molar-refractivity contribution is 5.39. The van der Waals surface area contributed by atoms with E-state index < -0.39 is 0 Å². The number of hydrogen-bond acceptors (Lipinski definition) is 3. The molecule has 1 heterocycles. The minimum absolute atomic E-state index is 0.0836. The van der Waals surface area contributed by atoms with E-state index in [1.165, 1.54) is 31.2 Å². The van der Waals surface area contributed by atoms with Crippen LogP contribution < -0.4 is 10.1 Å². The zero-order chi connectivity index (χ0) is 14.3. The van der Waals surface area contributed by atoms with Gasteiger partial charge in [-0.25, -0.2) is 0 Å². The third-order valence-electron chi connectivity index (χ3n) is 5.71. The van der Waals surface area contributed by atoms with E-state index >= 15 is 0 Å². The van der Waals surface area contributed by atoms with Gasteiger partial charge in [0.2, 0.25) is 0 Å². The van der Waals surface area contributed by atoms with Crippen LogP contribution in [0.15, 0.2) is 24.3 Å². The number of rotatable bonds is 3. The van der Waals surface area contributed by atoms with Crippen LogP contribution in [0, 0.1) is 5.92 Å². The van der Waals surface area contributed by atoms with Crippen molar-refractivity contribution in [3.8, 4) is 5.75 Å². The van der Waals surface area contributed by atoms with E-state index in [9.17, 15) is 5.11 Å². The summed E-state index contributed by atoms with van der Waals surface area (Å²) < 4.78 is 6.29. The van der Waals surface area contributed by atoms with Gasteiger partial charge < -0.3 is 15.2 Å². The SMILES string of the molecule is OC1CCCC1CNC1CC2(CCC2)Oc2ccccc21. The molecule has 2 aliphatic carbocycles. The van der Waals surface area contributed by atoms with Crippen molar-refractivity contribution < 1.29 is 9.84 Å². The van der Waals surface area contributed by atoms with E-state index in [2.05, 4.69) is 29.6 Å². The van der Waals surface area contributed by atoms with E-state index in [1.54, 1.807) is 0 Å². The largest absolute Gasteiger partial charge is 0.487 e. The molecule has 1 aromatic carbocycles. The molecule has 3 nitrogen and oxygen atoms in total. The first-order valence-electron chi connectivity index (χ1n) is 8.45. The lowest BCUT2D eigenvalue weighted by molar-refractivity contribution is -0.0376. The topological polar surface area (TPSA) is 41.5 Å². The average molecular weight is 287 g/mol. The van der Waals surface area contributed by atoms with Crippen LogP contribution >= 0.6 is 0 Å². The summed E-state index contributed by atoms with van der Waals surface area (Å²) in [5, 5.41) is 13.7. The molecule has 114 valence electrons. The van der Waals surface area contributed by atoms with Crippen molar-refractivity contribution in [2.24, 2.45) is 5.92 Å². The molecule has 3 aliphatic rings. The number of fused-ring (bicyclic) bond motifs is 1. The Morgan fingerprint density at radius 1 is 1.19 bits per heavy atom. The van der Waals surface area contributed by atoms with Gasteiger partial charge in [-0.05, 0) is 44.1 Å². The zero-order valence-corrected chi connectivity index (χ0v) is 12.6. The van der Waals surface area contributed by atoms with Crippen LogP contribution in [0.2, 0.25) is 0 Å². The second-order valence-electron chi connectivity index (χ2n) is 7.10. The third-order valence-corrected chi connectivity index (χ3v) is 5.71. The number of hydrogen-bond donors (Lipinski definition) is 2. The van der Waals surface area contributed by atoms with Crippen molar-refractivity contribution in [1.29, 1.82) is 0 Å². The molecule has 2 N–H and O–H groups in total. The average Bonchev–Trinajstić information content (AvgIpc) is 2.88. The van der Waals surface area contributed by atoms with Crippen LogP contribution in [0.1, 0.15) is 56.6 Å². The Morgan fingerprint density at radius 3 is 2.76 bits per heavy atom. The summed E-state index contributed by atoms with van der Waals surface area (Å²) in [6.07, 6.45) is 7.93. The first-order chi connectivity index (χ1) is 10.3. The molecular formula is C18H25NO2. The quantitative estimate of drug-likeness (QED) is 0.897. The lowest BCUT2D eigenvalue weighted by Crippen LogP contribution is -2.49. The molecule has 0 amide bonds. The molecule has 2 saturated carbocycles. The highest BCUT2D eigenvalue weighted by Crippen LogP contribution is 2.48. The Labute approximate surface area is 126 Å². The van der Waals surface area contributed by atoms with Crippen LogP contribution in [0.3, 0.4) is 0 Å². The fraction of sp³-hybridized carbons (Fsp3) is 0.667. The van der Waals surface area contributed by atoms with Gasteiger partial charge in [0.15, 0.2) is 0 Å². The molecule has 3 unspecified atom stereocenters. The summed E-state index contributed by atoms with van der Waals surface area (Å²) in [6, 6.07) is 8.83. The minimum atomic E-state index is -0.106. The van der Waals surface area contributed by atoms with Crippen molar-refractivity contribution in [1.82, 2.24) is 5.32 Å². The van der Waals surface area contributed by atoms with E-state index in [0.717, 1.165) is 31.6 Å². The van der Waals surface area contributed by atoms with Gasteiger partial charge in [0.05, 0.1) is 6.10 Å². The van der Waals surface area contributed by atoms with Crippen molar-refractivity contribution in [2.45, 2.75) is 62.7 Å². The fourth-order valence-electron chi connectivity index (χ4n) is 4.23. The van der Waals surface area contributed by atoms with Gasteiger partial charge in [-0.15, -0.1) is 0 Å². The number of ether oxygens (including phenoxy) is 1. The molecule has 0 saturated heterocycles. The zero-order valence-electron chi connectivity index (χ0n) is 12.6. The smallest absolute Gasteiger partial charge is 0.124 e. The van der Waals surface area contributed by atoms with E-state index in [1.807, 2.05) is 0 Å². The minimum Gasteiger partial charge on any atom is -0.487 e. The molecule has 2 fully saturated rings. The second kappa shape index (κ2) is 5.29. The van der Waals surface area contributed by atoms with Gasteiger partial charge in [0.25, 0.3) is 0 Å². The monoisotopic (exact) mass is 287 g/mol. The van der Waals surface area contributed by atoms with Crippen molar-refractivity contribution in [3.05, 3.63) is 29.8 Å². The molecule has 0 aromatic heterocycles. The first kappa shape index (κ1) is 13.6. The Kier molecular flexibility index (Phi) is 3.43. The van der Waals surface area contributed by atoms with Gasteiger partial charge in [-0.3, -0.25) is 0 Å². The van der Waals surface area contributed by atoms with Crippen LogP contribution in [-0.2, 0) is 0 Å². The maximum Gasteiger partial charge on any atom is 0.124 e. The van der Waals surface area contributed by atoms with Gasteiger partial charge >= 0.3 is 0 Å². The summed E-state index contributed by atoms with van der Waals surface area (Å²) in [7, 11) is 0. The Morgan fingerprint density at radius 2 is 2.05 bits per heavy atom. The van der Waals surface area contributed by atoms with Gasteiger partial charge in [0.1, 0.15) is 11.4 Å². The number of aliphatic hydroxyl groups excluding tert-OH is 1. The van der Waals surface area contributed by atoms with E-state index in [4.69, 9.17) is 4.74 Å². The molecular weight excluding hydrogens is 262 g/mol. The first-order valence-corrected chi connectivity index (χ1v) is 8.45.